The van der Waals surface area contributed by atoms with Crippen LogP contribution in [-0.2, 0) is 12.7 Å². The Balaban J connectivity index is 2.97. The molecule has 1 aromatic rings. The molecule has 7 heteroatoms. The van der Waals surface area contributed by atoms with E-state index in [1.807, 2.05) is 5.10 Å². The first-order valence-corrected chi connectivity index (χ1v) is 4.15. The highest BCUT2D eigenvalue weighted by Crippen LogP contribution is 2.34. The van der Waals surface area contributed by atoms with Gasteiger partial charge in [-0.3, -0.25) is 5.10 Å². The van der Waals surface area contributed by atoms with E-state index in [1.165, 1.54) is 0 Å². The standard InChI is InChI=1S/C7H9ClF3N3/c1-14(2)3-4-5(8)6(13-12-4)7(9,10)11/h3H2,1-2H3,(H,12,13). The Kier molecular flexibility index (Phi) is 3.06. The molecule has 0 aliphatic carbocycles. The number of rotatable bonds is 2. The topological polar surface area (TPSA) is 31.9 Å². The predicted octanol–water partition coefficient (Wildman–Crippen LogP) is 2.14. The number of aromatic amines is 1. The normalized spacial score (nSPS) is 12.5. The van der Waals surface area contributed by atoms with Crippen LogP contribution in [0.2, 0.25) is 5.02 Å². The largest absolute Gasteiger partial charge is 0.434 e. The first-order chi connectivity index (χ1) is 6.32. The summed E-state index contributed by atoms with van der Waals surface area (Å²) in [7, 11) is 3.44. The van der Waals surface area contributed by atoms with Gasteiger partial charge in [-0.1, -0.05) is 11.6 Å². The minimum Gasteiger partial charge on any atom is -0.303 e. The zero-order valence-electron chi connectivity index (χ0n) is 7.61. The first-order valence-electron chi connectivity index (χ1n) is 3.77. The maximum atomic E-state index is 12.2. The third-order valence-electron chi connectivity index (χ3n) is 1.52. The number of nitrogens with zero attached hydrogens (tertiary/aromatic N) is 2. The van der Waals surface area contributed by atoms with Gasteiger partial charge in [0.2, 0.25) is 0 Å². The Hall–Kier alpha value is -0.750. The van der Waals surface area contributed by atoms with Gasteiger partial charge < -0.3 is 4.90 Å². The molecule has 1 heterocycles. The first kappa shape index (κ1) is 11.3. The van der Waals surface area contributed by atoms with Crippen LogP contribution in [0.4, 0.5) is 13.2 Å². The van der Waals surface area contributed by atoms with E-state index in [-0.39, 0.29) is 17.3 Å². The van der Waals surface area contributed by atoms with E-state index in [1.54, 1.807) is 19.0 Å². The van der Waals surface area contributed by atoms with Crippen molar-refractivity contribution in [2.75, 3.05) is 14.1 Å². The highest BCUT2D eigenvalue weighted by atomic mass is 35.5. The van der Waals surface area contributed by atoms with Gasteiger partial charge in [-0.15, -0.1) is 0 Å². The third-order valence-corrected chi connectivity index (χ3v) is 1.93. The Morgan fingerprint density at radius 3 is 2.36 bits per heavy atom. The molecule has 1 rings (SSSR count). The highest BCUT2D eigenvalue weighted by molar-refractivity contribution is 6.31. The second-order valence-corrected chi connectivity index (χ2v) is 3.47. The third kappa shape index (κ3) is 2.39. The van der Waals surface area contributed by atoms with E-state index < -0.39 is 11.9 Å². The molecule has 0 radical (unpaired) electrons. The molecule has 0 aliphatic heterocycles. The molecule has 0 amide bonds. The van der Waals surface area contributed by atoms with Crippen LogP contribution in [0.3, 0.4) is 0 Å². The van der Waals surface area contributed by atoms with Crippen molar-refractivity contribution in [1.29, 1.82) is 0 Å². The zero-order chi connectivity index (χ0) is 10.9. The molecule has 1 aromatic heterocycles. The number of hydrogen-bond acceptors (Lipinski definition) is 2. The average molecular weight is 228 g/mol. The minimum atomic E-state index is -4.48. The number of nitrogens with one attached hydrogen (secondary N) is 1. The Bertz CT molecular complexity index is 318. The van der Waals surface area contributed by atoms with Crippen LogP contribution in [-0.4, -0.2) is 29.2 Å². The molecule has 0 aliphatic rings. The second kappa shape index (κ2) is 3.78. The highest BCUT2D eigenvalue weighted by Gasteiger charge is 2.36. The van der Waals surface area contributed by atoms with Crippen molar-refractivity contribution in [1.82, 2.24) is 15.1 Å². The lowest BCUT2D eigenvalue weighted by Crippen LogP contribution is -2.11. The van der Waals surface area contributed by atoms with Gasteiger partial charge in [0.15, 0.2) is 5.69 Å². The molecule has 0 saturated heterocycles. The molecule has 0 fully saturated rings. The van der Waals surface area contributed by atoms with Crippen molar-refractivity contribution in [3.05, 3.63) is 16.4 Å². The van der Waals surface area contributed by atoms with E-state index in [4.69, 9.17) is 11.6 Å². The van der Waals surface area contributed by atoms with Crippen LogP contribution in [0.5, 0.6) is 0 Å². The van der Waals surface area contributed by atoms with Crippen LogP contribution in [0.25, 0.3) is 0 Å². The fourth-order valence-corrected chi connectivity index (χ4v) is 1.21. The van der Waals surface area contributed by atoms with E-state index >= 15 is 0 Å². The van der Waals surface area contributed by atoms with E-state index in [2.05, 4.69) is 5.10 Å². The summed E-state index contributed by atoms with van der Waals surface area (Å²) >= 11 is 5.51. The molecule has 0 unspecified atom stereocenters. The van der Waals surface area contributed by atoms with Gasteiger partial charge >= 0.3 is 6.18 Å². The number of hydrogen-bond donors (Lipinski definition) is 1. The fourth-order valence-electron chi connectivity index (χ4n) is 0.958. The van der Waals surface area contributed by atoms with Crippen LogP contribution in [0.1, 0.15) is 11.4 Å². The van der Waals surface area contributed by atoms with Crippen molar-refractivity contribution >= 4 is 11.6 Å². The summed E-state index contributed by atoms with van der Waals surface area (Å²) < 4.78 is 36.7. The summed E-state index contributed by atoms with van der Waals surface area (Å²) in [4.78, 5) is 1.68. The quantitative estimate of drug-likeness (QED) is 0.840. The van der Waals surface area contributed by atoms with Crippen molar-refractivity contribution in [3.8, 4) is 0 Å². The van der Waals surface area contributed by atoms with Crippen LogP contribution >= 0.6 is 11.6 Å². The summed E-state index contributed by atoms with van der Waals surface area (Å²) in [6.45, 7) is 0.269. The van der Waals surface area contributed by atoms with Gasteiger partial charge in [-0.25, -0.2) is 0 Å². The maximum absolute atomic E-state index is 12.2. The molecule has 0 spiro atoms. The van der Waals surface area contributed by atoms with Gasteiger partial charge in [-0.05, 0) is 14.1 Å². The lowest BCUT2D eigenvalue weighted by molar-refractivity contribution is -0.141. The molecule has 0 aromatic carbocycles. The van der Waals surface area contributed by atoms with Gasteiger partial charge in [0, 0.05) is 6.54 Å². The van der Waals surface area contributed by atoms with Crippen molar-refractivity contribution in [2.45, 2.75) is 12.7 Å². The zero-order valence-corrected chi connectivity index (χ0v) is 8.37. The Morgan fingerprint density at radius 1 is 1.43 bits per heavy atom. The second-order valence-electron chi connectivity index (χ2n) is 3.09. The van der Waals surface area contributed by atoms with Gasteiger partial charge in [0.25, 0.3) is 0 Å². The van der Waals surface area contributed by atoms with E-state index in [0.29, 0.717) is 0 Å². The molecule has 1 N–H and O–H groups in total. The molecule has 3 nitrogen and oxygen atoms in total. The summed E-state index contributed by atoms with van der Waals surface area (Å²) in [5.41, 5.74) is -0.792. The van der Waals surface area contributed by atoms with Gasteiger partial charge in [0.1, 0.15) is 0 Å². The number of halogens is 4. The lowest BCUT2D eigenvalue weighted by Gasteiger charge is -2.07. The number of alkyl halides is 3. The molecule has 0 saturated carbocycles. The van der Waals surface area contributed by atoms with E-state index in [9.17, 15) is 13.2 Å². The van der Waals surface area contributed by atoms with E-state index in [0.717, 1.165) is 0 Å². The van der Waals surface area contributed by atoms with Crippen molar-refractivity contribution in [2.24, 2.45) is 0 Å². The maximum Gasteiger partial charge on any atom is 0.434 e. The van der Waals surface area contributed by atoms with Crippen molar-refractivity contribution in [3.63, 3.8) is 0 Å². The molecule has 0 atom stereocenters. The molecule has 0 bridgehead atoms. The Labute approximate surface area is 83.8 Å². The van der Waals surface area contributed by atoms with Crippen molar-refractivity contribution < 1.29 is 13.2 Å². The van der Waals surface area contributed by atoms with Gasteiger partial charge in [0.05, 0.1) is 10.7 Å². The monoisotopic (exact) mass is 227 g/mol. The van der Waals surface area contributed by atoms with Crippen LogP contribution < -0.4 is 0 Å². The number of aromatic nitrogens is 2. The molecule has 14 heavy (non-hydrogen) atoms. The summed E-state index contributed by atoms with van der Waals surface area (Å²) in [6.07, 6.45) is -4.48. The predicted molar refractivity (Wildman–Crippen MR) is 46.0 cm³/mol. The summed E-state index contributed by atoms with van der Waals surface area (Å²) in [5, 5.41) is 5.03. The number of H-pyrrole nitrogens is 1. The summed E-state index contributed by atoms with van der Waals surface area (Å²) in [6, 6.07) is 0. The Morgan fingerprint density at radius 2 is 2.00 bits per heavy atom. The smallest absolute Gasteiger partial charge is 0.303 e. The fraction of sp³-hybridized carbons (Fsp3) is 0.571. The molecule has 80 valence electrons. The van der Waals surface area contributed by atoms with Crippen LogP contribution in [0.15, 0.2) is 0 Å². The molecular weight excluding hydrogens is 219 g/mol. The SMILES string of the molecule is CN(C)Cc1n[nH]c(C(F)(F)F)c1Cl. The minimum absolute atomic E-state index is 0.198. The van der Waals surface area contributed by atoms with Gasteiger partial charge in [-0.2, -0.15) is 18.3 Å². The summed E-state index contributed by atoms with van der Waals surface area (Å²) in [5.74, 6) is 0. The lowest BCUT2D eigenvalue weighted by atomic mass is 10.3. The van der Waals surface area contributed by atoms with Crippen LogP contribution in [0, 0.1) is 0 Å². The molecular formula is C7H9ClF3N3. The average Bonchev–Trinajstić information content (AvgIpc) is 2.30.